The van der Waals surface area contributed by atoms with Crippen LogP contribution in [0.1, 0.15) is 20.8 Å². The van der Waals surface area contributed by atoms with Gasteiger partial charge in [-0.15, -0.1) is 0 Å². The third-order valence-electron chi connectivity index (χ3n) is 1.74. The molecule has 0 saturated heterocycles. The van der Waals surface area contributed by atoms with Crippen molar-refractivity contribution in [2.75, 3.05) is 5.32 Å². The van der Waals surface area contributed by atoms with Crippen molar-refractivity contribution in [3.05, 3.63) is 21.9 Å². The number of hydrogen-bond donors (Lipinski definition) is 1. The van der Waals surface area contributed by atoms with Crippen LogP contribution in [0.15, 0.2) is 16.7 Å². The number of carbonyl (C=O) groups excluding carboxylic acids is 1. The number of nitrogens with one attached hydrogen (secondary N) is 1. The molecule has 1 amide bonds. The molecule has 1 aromatic heterocycles. The molecule has 15 heavy (non-hydrogen) atoms. The Morgan fingerprint density at radius 2 is 2.13 bits per heavy atom. The fourth-order valence-corrected chi connectivity index (χ4v) is 1.26. The zero-order valence-electron chi connectivity index (χ0n) is 8.77. The highest BCUT2D eigenvalue weighted by Crippen LogP contribution is 2.24. The van der Waals surface area contributed by atoms with Gasteiger partial charge in [0, 0.05) is 5.41 Å². The fraction of sp³-hybridized carbons (Fsp3) is 0.400. The van der Waals surface area contributed by atoms with Gasteiger partial charge in [0.2, 0.25) is 5.91 Å². The quantitative estimate of drug-likeness (QED) is 0.805. The monoisotopic (exact) mass is 290 g/mol. The van der Waals surface area contributed by atoms with Gasteiger partial charge in [-0.3, -0.25) is 4.79 Å². The first-order valence-electron chi connectivity index (χ1n) is 4.43. The Labute approximate surface area is 102 Å². The van der Waals surface area contributed by atoms with E-state index >= 15 is 0 Å². The molecule has 3 nitrogen and oxygen atoms in total. The summed E-state index contributed by atoms with van der Waals surface area (Å²) in [6.45, 7) is 5.54. The van der Waals surface area contributed by atoms with E-state index < -0.39 is 5.41 Å². The van der Waals surface area contributed by atoms with Crippen LogP contribution in [-0.2, 0) is 4.79 Å². The lowest BCUT2D eigenvalue weighted by molar-refractivity contribution is -0.123. The van der Waals surface area contributed by atoms with Gasteiger partial charge in [-0.25, -0.2) is 4.98 Å². The van der Waals surface area contributed by atoms with Gasteiger partial charge in [0.25, 0.3) is 0 Å². The molecule has 0 aliphatic carbocycles. The number of pyridine rings is 1. The van der Waals surface area contributed by atoms with E-state index in [1.54, 1.807) is 6.07 Å². The molecule has 0 aliphatic heterocycles. The first-order chi connectivity index (χ1) is 6.80. The summed E-state index contributed by atoms with van der Waals surface area (Å²) in [5, 5.41) is 3.14. The van der Waals surface area contributed by atoms with E-state index in [9.17, 15) is 4.79 Å². The number of nitrogens with zero attached hydrogens (tertiary/aromatic N) is 1. The standard InChI is InChI=1S/C10H12BrClN2O/c1-10(2,3)9(15)14-6-4-7(11)8(12)13-5-6/h4-5H,1-3H3,(H,14,15). The second-order valence-electron chi connectivity index (χ2n) is 4.20. The maximum absolute atomic E-state index is 11.6. The van der Waals surface area contributed by atoms with E-state index in [1.807, 2.05) is 20.8 Å². The summed E-state index contributed by atoms with van der Waals surface area (Å²) in [7, 11) is 0. The number of hydrogen-bond acceptors (Lipinski definition) is 2. The highest BCUT2D eigenvalue weighted by molar-refractivity contribution is 9.10. The van der Waals surface area contributed by atoms with E-state index in [4.69, 9.17) is 11.6 Å². The summed E-state index contributed by atoms with van der Waals surface area (Å²) in [6.07, 6.45) is 1.52. The molecule has 0 unspecified atom stereocenters. The number of aromatic nitrogens is 1. The molecule has 0 aromatic carbocycles. The predicted molar refractivity (Wildman–Crippen MR) is 65.0 cm³/mol. The van der Waals surface area contributed by atoms with Crippen LogP contribution in [0.3, 0.4) is 0 Å². The van der Waals surface area contributed by atoms with Crippen molar-refractivity contribution in [1.29, 1.82) is 0 Å². The van der Waals surface area contributed by atoms with Crippen molar-refractivity contribution >= 4 is 39.1 Å². The topological polar surface area (TPSA) is 42.0 Å². The summed E-state index contributed by atoms with van der Waals surface area (Å²) in [4.78, 5) is 15.6. The minimum Gasteiger partial charge on any atom is -0.324 e. The van der Waals surface area contributed by atoms with Crippen LogP contribution in [0, 0.1) is 5.41 Å². The molecule has 5 heteroatoms. The lowest BCUT2D eigenvalue weighted by Crippen LogP contribution is -2.27. The Morgan fingerprint density at radius 1 is 1.53 bits per heavy atom. The Kier molecular flexibility index (Phi) is 3.73. The smallest absolute Gasteiger partial charge is 0.229 e. The largest absolute Gasteiger partial charge is 0.324 e. The third kappa shape index (κ3) is 3.47. The molecular weight excluding hydrogens is 279 g/mol. The lowest BCUT2D eigenvalue weighted by atomic mass is 9.96. The molecule has 0 bridgehead atoms. The maximum Gasteiger partial charge on any atom is 0.229 e. The molecule has 1 rings (SSSR count). The van der Waals surface area contributed by atoms with E-state index in [-0.39, 0.29) is 5.91 Å². The zero-order chi connectivity index (χ0) is 11.6. The van der Waals surface area contributed by atoms with Crippen LogP contribution in [-0.4, -0.2) is 10.9 Å². The van der Waals surface area contributed by atoms with Crippen molar-refractivity contribution in [1.82, 2.24) is 4.98 Å². The van der Waals surface area contributed by atoms with Crippen LogP contribution >= 0.6 is 27.5 Å². The van der Waals surface area contributed by atoms with Gasteiger partial charge in [-0.05, 0) is 22.0 Å². The molecular formula is C10H12BrClN2O. The third-order valence-corrected chi connectivity index (χ3v) is 2.87. The molecule has 0 radical (unpaired) electrons. The Balaban J connectivity index is 2.83. The van der Waals surface area contributed by atoms with Crippen LogP contribution < -0.4 is 5.32 Å². The highest BCUT2D eigenvalue weighted by Gasteiger charge is 2.21. The first-order valence-corrected chi connectivity index (χ1v) is 5.60. The van der Waals surface area contributed by atoms with Gasteiger partial charge < -0.3 is 5.32 Å². The summed E-state index contributed by atoms with van der Waals surface area (Å²) in [5.41, 5.74) is 0.206. The fourth-order valence-electron chi connectivity index (χ4n) is 0.808. The average molecular weight is 292 g/mol. The lowest BCUT2D eigenvalue weighted by Gasteiger charge is -2.17. The van der Waals surface area contributed by atoms with Gasteiger partial charge in [0.05, 0.1) is 16.4 Å². The summed E-state index contributed by atoms with van der Waals surface area (Å²) >= 11 is 8.98. The van der Waals surface area contributed by atoms with Crippen molar-refractivity contribution in [3.8, 4) is 0 Å². The average Bonchev–Trinajstić information content (AvgIpc) is 2.10. The summed E-state index contributed by atoms with van der Waals surface area (Å²) in [6, 6.07) is 1.72. The van der Waals surface area contributed by atoms with E-state index in [0.717, 1.165) is 0 Å². The van der Waals surface area contributed by atoms with Crippen LogP contribution in [0.4, 0.5) is 5.69 Å². The van der Waals surface area contributed by atoms with Gasteiger partial charge in [-0.1, -0.05) is 32.4 Å². The Bertz CT molecular complexity index is 387. The second-order valence-corrected chi connectivity index (χ2v) is 5.41. The van der Waals surface area contributed by atoms with Crippen LogP contribution in [0.25, 0.3) is 0 Å². The van der Waals surface area contributed by atoms with Crippen molar-refractivity contribution in [2.24, 2.45) is 5.41 Å². The molecule has 0 fully saturated rings. The van der Waals surface area contributed by atoms with Gasteiger partial charge in [0.1, 0.15) is 5.15 Å². The minimum absolute atomic E-state index is 0.0569. The Hall–Kier alpha value is -0.610. The van der Waals surface area contributed by atoms with E-state index in [0.29, 0.717) is 15.3 Å². The molecule has 1 heterocycles. The minimum atomic E-state index is -0.424. The molecule has 0 saturated carbocycles. The van der Waals surface area contributed by atoms with Crippen molar-refractivity contribution in [3.63, 3.8) is 0 Å². The summed E-state index contributed by atoms with van der Waals surface area (Å²) in [5.74, 6) is -0.0569. The predicted octanol–water partition coefficient (Wildman–Crippen LogP) is 3.48. The molecule has 1 aromatic rings. The molecule has 82 valence electrons. The molecule has 0 atom stereocenters. The van der Waals surface area contributed by atoms with Crippen molar-refractivity contribution < 1.29 is 4.79 Å². The molecule has 1 N–H and O–H groups in total. The summed E-state index contributed by atoms with van der Waals surface area (Å²) < 4.78 is 0.663. The van der Waals surface area contributed by atoms with Crippen molar-refractivity contribution in [2.45, 2.75) is 20.8 Å². The SMILES string of the molecule is CC(C)(C)C(=O)Nc1cnc(Cl)c(Br)c1. The number of rotatable bonds is 1. The zero-order valence-corrected chi connectivity index (χ0v) is 11.1. The second kappa shape index (κ2) is 4.49. The number of halogens is 2. The Morgan fingerprint density at radius 3 is 2.60 bits per heavy atom. The first kappa shape index (κ1) is 12.5. The normalized spacial score (nSPS) is 11.3. The molecule has 0 aliphatic rings. The highest BCUT2D eigenvalue weighted by atomic mass is 79.9. The number of amides is 1. The number of anilines is 1. The van der Waals surface area contributed by atoms with Crippen LogP contribution in [0.2, 0.25) is 5.15 Å². The van der Waals surface area contributed by atoms with Crippen LogP contribution in [0.5, 0.6) is 0 Å². The van der Waals surface area contributed by atoms with Gasteiger partial charge in [-0.2, -0.15) is 0 Å². The maximum atomic E-state index is 11.6. The van der Waals surface area contributed by atoms with Gasteiger partial charge in [0.15, 0.2) is 0 Å². The van der Waals surface area contributed by atoms with E-state index in [2.05, 4.69) is 26.2 Å². The number of carbonyl (C=O) groups is 1. The molecule has 0 spiro atoms. The van der Waals surface area contributed by atoms with Gasteiger partial charge >= 0.3 is 0 Å². The van der Waals surface area contributed by atoms with E-state index in [1.165, 1.54) is 6.20 Å².